The van der Waals surface area contributed by atoms with Crippen LogP contribution in [0.1, 0.15) is 18.0 Å². The molecule has 0 bridgehead atoms. The SMILES string of the molecule is CN(CCC(=O)O)C(=O)N[C@H](c1ccc(F)cc1)C(F)(F)F. The second kappa shape index (κ2) is 7.10. The zero-order chi connectivity index (χ0) is 16.9. The molecular weight excluding hydrogens is 308 g/mol. The van der Waals surface area contributed by atoms with Crippen LogP contribution in [0.4, 0.5) is 22.4 Å². The number of alkyl halides is 3. The van der Waals surface area contributed by atoms with Crippen LogP contribution in [0, 0.1) is 5.82 Å². The molecule has 1 aromatic carbocycles. The van der Waals surface area contributed by atoms with Crippen LogP contribution in [-0.2, 0) is 4.79 Å². The normalized spacial score (nSPS) is 12.6. The average Bonchev–Trinajstić information content (AvgIpc) is 2.41. The number of halogens is 4. The van der Waals surface area contributed by atoms with Gasteiger partial charge in [0.1, 0.15) is 5.82 Å². The van der Waals surface area contributed by atoms with Crippen molar-refractivity contribution in [3.63, 3.8) is 0 Å². The molecule has 0 saturated heterocycles. The first kappa shape index (κ1) is 17.7. The second-order valence-corrected chi connectivity index (χ2v) is 4.54. The van der Waals surface area contributed by atoms with Gasteiger partial charge in [0.05, 0.1) is 6.42 Å². The first-order valence-electron chi connectivity index (χ1n) is 6.17. The molecule has 122 valence electrons. The highest BCUT2D eigenvalue weighted by Crippen LogP contribution is 2.32. The third-order valence-electron chi connectivity index (χ3n) is 2.81. The van der Waals surface area contributed by atoms with Crippen molar-refractivity contribution in [2.24, 2.45) is 0 Å². The van der Waals surface area contributed by atoms with E-state index in [-0.39, 0.29) is 12.1 Å². The highest BCUT2D eigenvalue weighted by Gasteiger charge is 2.42. The van der Waals surface area contributed by atoms with Crippen molar-refractivity contribution in [3.05, 3.63) is 35.6 Å². The third kappa shape index (κ3) is 5.23. The molecule has 0 aliphatic rings. The minimum atomic E-state index is -4.78. The molecule has 0 heterocycles. The molecule has 0 spiro atoms. The summed E-state index contributed by atoms with van der Waals surface area (Å²) < 4.78 is 51.9. The van der Waals surface area contributed by atoms with Crippen molar-refractivity contribution in [1.82, 2.24) is 10.2 Å². The Morgan fingerprint density at radius 2 is 1.82 bits per heavy atom. The van der Waals surface area contributed by atoms with E-state index in [4.69, 9.17) is 5.11 Å². The van der Waals surface area contributed by atoms with Crippen LogP contribution < -0.4 is 5.32 Å². The molecule has 0 aromatic heterocycles. The van der Waals surface area contributed by atoms with E-state index in [2.05, 4.69) is 0 Å². The minimum absolute atomic E-state index is 0.241. The van der Waals surface area contributed by atoms with Gasteiger partial charge in [-0.1, -0.05) is 12.1 Å². The minimum Gasteiger partial charge on any atom is -0.481 e. The third-order valence-corrected chi connectivity index (χ3v) is 2.81. The summed E-state index contributed by atoms with van der Waals surface area (Å²) in [7, 11) is 1.18. The zero-order valence-electron chi connectivity index (χ0n) is 11.5. The smallest absolute Gasteiger partial charge is 0.412 e. The van der Waals surface area contributed by atoms with Gasteiger partial charge in [0.15, 0.2) is 6.04 Å². The van der Waals surface area contributed by atoms with Crippen LogP contribution in [0.25, 0.3) is 0 Å². The molecule has 1 aromatic rings. The fourth-order valence-corrected chi connectivity index (χ4v) is 1.61. The molecule has 0 aliphatic heterocycles. The molecule has 2 N–H and O–H groups in total. The van der Waals surface area contributed by atoms with Crippen LogP contribution in [0.15, 0.2) is 24.3 Å². The molecule has 0 unspecified atom stereocenters. The topological polar surface area (TPSA) is 69.6 Å². The fraction of sp³-hybridized carbons (Fsp3) is 0.385. The maximum Gasteiger partial charge on any atom is 0.412 e. The van der Waals surface area contributed by atoms with Crippen LogP contribution in [0.5, 0.6) is 0 Å². The molecule has 0 saturated carbocycles. The van der Waals surface area contributed by atoms with Gasteiger partial charge in [-0.3, -0.25) is 4.79 Å². The monoisotopic (exact) mass is 322 g/mol. The van der Waals surface area contributed by atoms with Gasteiger partial charge < -0.3 is 15.3 Å². The van der Waals surface area contributed by atoms with Gasteiger partial charge in [-0.05, 0) is 17.7 Å². The summed E-state index contributed by atoms with van der Waals surface area (Å²) in [5, 5.41) is 10.2. The number of nitrogens with one attached hydrogen (secondary N) is 1. The summed E-state index contributed by atoms with van der Waals surface area (Å²) in [5.74, 6) is -1.87. The number of hydrogen-bond acceptors (Lipinski definition) is 2. The Bertz CT molecular complexity index is 531. The van der Waals surface area contributed by atoms with E-state index in [1.165, 1.54) is 7.05 Å². The Kier molecular flexibility index (Phi) is 5.72. The number of benzene rings is 1. The van der Waals surface area contributed by atoms with Crippen LogP contribution in [0.3, 0.4) is 0 Å². The average molecular weight is 322 g/mol. The largest absolute Gasteiger partial charge is 0.481 e. The number of carboxylic acids is 1. The van der Waals surface area contributed by atoms with Gasteiger partial charge in [0, 0.05) is 13.6 Å². The Morgan fingerprint density at radius 3 is 2.27 bits per heavy atom. The number of carbonyl (C=O) groups is 2. The molecular formula is C13H14F4N2O3. The number of nitrogens with zero attached hydrogens (tertiary/aromatic N) is 1. The number of carboxylic acid groups (broad SMARTS) is 1. The molecule has 0 fully saturated rings. The standard InChI is InChI=1S/C13H14F4N2O3/c1-19(7-6-10(20)21)12(22)18-11(13(15,16)17)8-2-4-9(14)5-3-8/h2-5,11H,6-7H2,1H3,(H,18,22)(H,20,21)/t11-/m1/s1. The van der Waals surface area contributed by atoms with E-state index in [1.54, 1.807) is 5.32 Å². The molecule has 0 aliphatic carbocycles. The van der Waals surface area contributed by atoms with Crippen molar-refractivity contribution in [2.75, 3.05) is 13.6 Å². The van der Waals surface area contributed by atoms with E-state index in [1.807, 2.05) is 0 Å². The second-order valence-electron chi connectivity index (χ2n) is 4.54. The Labute approximate surface area is 123 Å². The zero-order valence-corrected chi connectivity index (χ0v) is 11.5. The van der Waals surface area contributed by atoms with Crippen molar-refractivity contribution >= 4 is 12.0 Å². The molecule has 9 heteroatoms. The van der Waals surface area contributed by atoms with Gasteiger partial charge in [-0.15, -0.1) is 0 Å². The predicted molar refractivity (Wildman–Crippen MR) is 68.6 cm³/mol. The lowest BCUT2D eigenvalue weighted by atomic mass is 10.1. The quantitative estimate of drug-likeness (QED) is 0.819. The van der Waals surface area contributed by atoms with Crippen LogP contribution >= 0.6 is 0 Å². The van der Waals surface area contributed by atoms with Gasteiger partial charge in [-0.25, -0.2) is 9.18 Å². The number of hydrogen-bond donors (Lipinski definition) is 2. The van der Waals surface area contributed by atoms with Crippen molar-refractivity contribution in [3.8, 4) is 0 Å². The van der Waals surface area contributed by atoms with Crippen molar-refractivity contribution < 1.29 is 32.3 Å². The fourth-order valence-electron chi connectivity index (χ4n) is 1.61. The Balaban J connectivity index is 2.84. The number of rotatable bonds is 5. The van der Waals surface area contributed by atoms with Gasteiger partial charge in [-0.2, -0.15) is 13.2 Å². The summed E-state index contributed by atoms with van der Waals surface area (Å²) in [6, 6.07) is 0.166. The summed E-state index contributed by atoms with van der Waals surface area (Å²) in [6.45, 7) is -0.241. The lowest BCUT2D eigenvalue weighted by molar-refractivity contribution is -0.155. The van der Waals surface area contributed by atoms with Crippen LogP contribution in [-0.4, -0.2) is 41.8 Å². The van der Waals surface area contributed by atoms with Crippen LogP contribution in [0.2, 0.25) is 0 Å². The summed E-state index contributed by atoms with van der Waals surface area (Å²) in [6.07, 6.45) is -5.17. The summed E-state index contributed by atoms with van der Waals surface area (Å²) in [4.78, 5) is 22.9. The van der Waals surface area contributed by atoms with E-state index in [9.17, 15) is 27.2 Å². The molecule has 0 radical (unpaired) electrons. The van der Waals surface area contributed by atoms with E-state index in [0.717, 1.165) is 29.2 Å². The van der Waals surface area contributed by atoms with E-state index in [0.29, 0.717) is 0 Å². The number of urea groups is 1. The Hall–Kier alpha value is -2.32. The van der Waals surface area contributed by atoms with Gasteiger partial charge in [0.2, 0.25) is 0 Å². The molecule has 2 amide bonds. The van der Waals surface area contributed by atoms with Gasteiger partial charge >= 0.3 is 18.2 Å². The van der Waals surface area contributed by atoms with E-state index >= 15 is 0 Å². The molecule has 22 heavy (non-hydrogen) atoms. The first-order valence-corrected chi connectivity index (χ1v) is 6.17. The number of carbonyl (C=O) groups excluding carboxylic acids is 1. The lowest BCUT2D eigenvalue weighted by Crippen LogP contribution is -2.44. The molecule has 5 nitrogen and oxygen atoms in total. The first-order chi connectivity index (χ1) is 10.1. The van der Waals surface area contributed by atoms with Crippen molar-refractivity contribution in [1.29, 1.82) is 0 Å². The summed E-state index contributed by atoms with van der Waals surface area (Å²) in [5.41, 5.74) is -0.325. The maximum absolute atomic E-state index is 13.0. The molecule has 1 rings (SSSR count). The number of aliphatic carboxylic acids is 1. The lowest BCUT2D eigenvalue weighted by Gasteiger charge is -2.25. The highest BCUT2D eigenvalue weighted by molar-refractivity contribution is 5.75. The number of amides is 2. The maximum atomic E-state index is 13.0. The summed E-state index contributed by atoms with van der Waals surface area (Å²) >= 11 is 0. The Morgan fingerprint density at radius 1 is 1.27 bits per heavy atom. The van der Waals surface area contributed by atoms with Crippen molar-refractivity contribution in [2.45, 2.75) is 18.6 Å². The predicted octanol–water partition coefficient (Wildman–Crippen LogP) is 2.55. The van der Waals surface area contributed by atoms with E-state index < -0.39 is 36.5 Å². The molecule has 1 atom stereocenters. The highest BCUT2D eigenvalue weighted by atomic mass is 19.4. The van der Waals surface area contributed by atoms with Gasteiger partial charge in [0.25, 0.3) is 0 Å².